The Morgan fingerprint density at radius 3 is 2.25 bits per heavy atom. The van der Waals surface area contributed by atoms with Gasteiger partial charge in [-0.25, -0.2) is 0 Å². The van der Waals surface area contributed by atoms with E-state index in [2.05, 4.69) is 0 Å². The zero-order chi connectivity index (χ0) is 9.72. The smallest absolute Gasteiger partial charge is 0.186 e. The van der Waals surface area contributed by atoms with Crippen LogP contribution in [0.25, 0.3) is 0 Å². The number of aliphatic hydroxyl groups is 1. The SMILES string of the molecule is CC(=O)C(C)OCC(=O)C(C)O. The van der Waals surface area contributed by atoms with Gasteiger partial charge in [0.15, 0.2) is 11.6 Å². The minimum absolute atomic E-state index is 0.131. The summed E-state index contributed by atoms with van der Waals surface area (Å²) in [5.41, 5.74) is 0. The summed E-state index contributed by atoms with van der Waals surface area (Å²) >= 11 is 0. The molecule has 0 aliphatic carbocycles. The molecule has 0 aromatic rings. The summed E-state index contributed by atoms with van der Waals surface area (Å²) in [5, 5.41) is 8.76. The van der Waals surface area contributed by atoms with Crippen LogP contribution in [0.1, 0.15) is 20.8 Å². The number of hydrogen-bond donors (Lipinski definition) is 1. The third-order valence-corrected chi connectivity index (χ3v) is 1.51. The molecule has 0 spiro atoms. The zero-order valence-electron chi connectivity index (χ0n) is 7.53. The second-order valence-electron chi connectivity index (χ2n) is 2.71. The molecule has 1 N–H and O–H groups in total. The maximum Gasteiger partial charge on any atom is 0.186 e. The molecule has 0 aromatic heterocycles. The Morgan fingerprint density at radius 1 is 1.42 bits per heavy atom. The highest BCUT2D eigenvalue weighted by Gasteiger charge is 2.13. The van der Waals surface area contributed by atoms with Crippen molar-refractivity contribution in [3.63, 3.8) is 0 Å². The monoisotopic (exact) mass is 174 g/mol. The molecular weight excluding hydrogens is 160 g/mol. The molecule has 0 amide bonds. The minimum Gasteiger partial charge on any atom is -0.386 e. The van der Waals surface area contributed by atoms with Crippen LogP contribution in [0.2, 0.25) is 0 Å². The molecule has 4 heteroatoms. The van der Waals surface area contributed by atoms with Crippen LogP contribution in [0.3, 0.4) is 0 Å². The standard InChI is InChI=1S/C8H14O4/c1-5(9)7(3)12-4-8(11)6(2)10/h6-7,10H,4H2,1-3H3. The summed E-state index contributed by atoms with van der Waals surface area (Å²) < 4.78 is 4.87. The second-order valence-corrected chi connectivity index (χ2v) is 2.71. The van der Waals surface area contributed by atoms with E-state index in [9.17, 15) is 9.59 Å². The molecule has 0 rings (SSSR count). The third-order valence-electron chi connectivity index (χ3n) is 1.51. The number of hydrogen-bond acceptors (Lipinski definition) is 4. The van der Waals surface area contributed by atoms with Gasteiger partial charge in [-0.2, -0.15) is 0 Å². The fourth-order valence-electron chi connectivity index (χ4n) is 0.445. The molecule has 0 fully saturated rings. The molecule has 0 aliphatic heterocycles. The van der Waals surface area contributed by atoms with Gasteiger partial charge < -0.3 is 9.84 Å². The first-order valence-corrected chi connectivity index (χ1v) is 3.78. The van der Waals surface area contributed by atoms with Crippen LogP contribution in [0.5, 0.6) is 0 Å². The fraction of sp³-hybridized carbons (Fsp3) is 0.750. The van der Waals surface area contributed by atoms with Gasteiger partial charge in [-0.1, -0.05) is 0 Å². The molecule has 0 saturated heterocycles. The molecule has 0 heterocycles. The van der Waals surface area contributed by atoms with E-state index in [-0.39, 0.29) is 12.4 Å². The van der Waals surface area contributed by atoms with Crippen LogP contribution >= 0.6 is 0 Å². The second kappa shape index (κ2) is 5.00. The number of carbonyl (C=O) groups excluding carboxylic acids is 2. The van der Waals surface area contributed by atoms with Gasteiger partial charge in [-0.15, -0.1) is 0 Å². The summed E-state index contributed by atoms with van der Waals surface area (Å²) in [7, 11) is 0. The number of Topliss-reactive ketones (excluding diaryl/α,β-unsaturated/α-hetero) is 2. The normalized spacial score (nSPS) is 15.3. The Bertz CT molecular complexity index is 174. The highest BCUT2D eigenvalue weighted by Crippen LogP contribution is 1.93. The van der Waals surface area contributed by atoms with Crippen molar-refractivity contribution in [2.75, 3.05) is 6.61 Å². The average Bonchev–Trinajstić information content (AvgIpc) is 1.98. The van der Waals surface area contributed by atoms with E-state index in [1.54, 1.807) is 6.92 Å². The van der Waals surface area contributed by atoms with E-state index >= 15 is 0 Å². The van der Waals surface area contributed by atoms with E-state index in [0.29, 0.717) is 0 Å². The maximum absolute atomic E-state index is 10.8. The van der Waals surface area contributed by atoms with Gasteiger partial charge in [-0.3, -0.25) is 9.59 Å². The maximum atomic E-state index is 10.8. The number of carbonyl (C=O) groups is 2. The lowest BCUT2D eigenvalue weighted by molar-refractivity contribution is -0.137. The Balaban J connectivity index is 3.69. The summed E-state index contributed by atoms with van der Waals surface area (Å²) in [6.07, 6.45) is -1.60. The van der Waals surface area contributed by atoms with Crippen molar-refractivity contribution in [1.82, 2.24) is 0 Å². The van der Waals surface area contributed by atoms with Crippen LogP contribution in [0, 0.1) is 0 Å². The third kappa shape index (κ3) is 4.20. The lowest BCUT2D eigenvalue weighted by atomic mass is 10.2. The Kier molecular flexibility index (Phi) is 4.70. The average molecular weight is 174 g/mol. The minimum atomic E-state index is -1.02. The van der Waals surface area contributed by atoms with Crippen molar-refractivity contribution in [2.24, 2.45) is 0 Å². The molecule has 0 bridgehead atoms. The molecule has 12 heavy (non-hydrogen) atoms. The van der Waals surface area contributed by atoms with E-state index in [1.165, 1.54) is 13.8 Å². The molecule has 0 radical (unpaired) electrons. The Labute approximate surface area is 71.5 Å². The molecule has 2 unspecified atom stereocenters. The predicted molar refractivity (Wildman–Crippen MR) is 42.8 cm³/mol. The van der Waals surface area contributed by atoms with Gasteiger partial charge in [0.25, 0.3) is 0 Å². The molecule has 70 valence electrons. The lowest BCUT2D eigenvalue weighted by Crippen LogP contribution is -2.27. The highest BCUT2D eigenvalue weighted by molar-refractivity contribution is 5.84. The summed E-state index contributed by atoms with van der Waals surface area (Å²) in [5.74, 6) is -0.545. The number of rotatable bonds is 5. The van der Waals surface area contributed by atoms with Crippen LogP contribution in [0.15, 0.2) is 0 Å². The number of aliphatic hydroxyl groups excluding tert-OH is 1. The molecular formula is C8H14O4. The van der Waals surface area contributed by atoms with Gasteiger partial charge >= 0.3 is 0 Å². The highest BCUT2D eigenvalue weighted by atomic mass is 16.5. The summed E-state index contributed by atoms with van der Waals surface area (Å²) in [6, 6.07) is 0. The van der Waals surface area contributed by atoms with E-state index < -0.39 is 18.0 Å². The van der Waals surface area contributed by atoms with Gasteiger partial charge in [0.1, 0.15) is 18.8 Å². The van der Waals surface area contributed by atoms with Crippen molar-refractivity contribution in [3.05, 3.63) is 0 Å². The first-order valence-electron chi connectivity index (χ1n) is 3.78. The van der Waals surface area contributed by atoms with Crippen molar-refractivity contribution < 1.29 is 19.4 Å². The first-order chi connectivity index (χ1) is 5.45. The zero-order valence-corrected chi connectivity index (χ0v) is 7.53. The summed E-state index contributed by atoms with van der Waals surface area (Å²) in [4.78, 5) is 21.4. The predicted octanol–water partition coefficient (Wildman–Crippen LogP) is -0.0696. The van der Waals surface area contributed by atoms with E-state index in [1.807, 2.05) is 0 Å². The molecule has 0 saturated carbocycles. The van der Waals surface area contributed by atoms with E-state index in [4.69, 9.17) is 9.84 Å². The Morgan fingerprint density at radius 2 is 1.92 bits per heavy atom. The fourth-order valence-corrected chi connectivity index (χ4v) is 0.445. The van der Waals surface area contributed by atoms with Crippen LogP contribution in [-0.4, -0.2) is 35.5 Å². The van der Waals surface area contributed by atoms with Crippen LogP contribution < -0.4 is 0 Å². The quantitative estimate of drug-likeness (QED) is 0.633. The summed E-state index contributed by atoms with van der Waals surface area (Å²) in [6.45, 7) is 4.11. The van der Waals surface area contributed by atoms with Crippen molar-refractivity contribution in [2.45, 2.75) is 33.0 Å². The molecule has 0 aliphatic rings. The number of ether oxygens (including phenoxy) is 1. The van der Waals surface area contributed by atoms with Gasteiger partial charge in [0, 0.05) is 0 Å². The van der Waals surface area contributed by atoms with Gasteiger partial charge in [0.2, 0.25) is 0 Å². The van der Waals surface area contributed by atoms with Crippen LogP contribution in [0.4, 0.5) is 0 Å². The van der Waals surface area contributed by atoms with Gasteiger partial charge in [0.05, 0.1) is 0 Å². The molecule has 4 nitrogen and oxygen atoms in total. The van der Waals surface area contributed by atoms with E-state index in [0.717, 1.165) is 0 Å². The van der Waals surface area contributed by atoms with Crippen molar-refractivity contribution in [3.8, 4) is 0 Å². The number of ketones is 2. The Hall–Kier alpha value is -0.740. The topological polar surface area (TPSA) is 63.6 Å². The van der Waals surface area contributed by atoms with Gasteiger partial charge in [-0.05, 0) is 20.8 Å². The van der Waals surface area contributed by atoms with Crippen molar-refractivity contribution >= 4 is 11.6 Å². The van der Waals surface area contributed by atoms with Crippen LogP contribution in [-0.2, 0) is 14.3 Å². The van der Waals surface area contributed by atoms with Crippen molar-refractivity contribution in [1.29, 1.82) is 0 Å². The molecule has 2 atom stereocenters. The first kappa shape index (κ1) is 11.3. The molecule has 0 aromatic carbocycles. The largest absolute Gasteiger partial charge is 0.386 e. The lowest BCUT2D eigenvalue weighted by Gasteiger charge is -2.09.